The lowest BCUT2D eigenvalue weighted by atomic mass is 9.93. The molecule has 6 heteroatoms. The van der Waals surface area contributed by atoms with Gasteiger partial charge in [-0.3, -0.25) is 15.0 Å². The number of nitrogens with zero attached hydrogens (tertiary/aromatic N) is 4. The molecule has 0 aliphatic carbocycles. The number of rotatable bonds is 7. The number of hydrogen-bond acceptors (Lipinski definition) is 5. The molecule has 0 unspecified atom stereocenters. The number of aromatic nitrogens is 3. The molecule has 0 radical (unpaired) electrons. The molecule has 1 saturated heterocycles. The molecule has 172 valence electrons. The Bertz CT molecular complexity index is 1220. The monoisotopic (exact) mass is 469 g/mol. The van der Waals surface area contributed by atoms with Gasteiger partial charge in [-0.05, 0) is 74.3 Å². The minimum atomic E-state index is 0.713. The van der Waals surface area contributed by atoms with E-state index in [1.807, 2.05) is 55.0 Å². The molecule has 1 fully saturated rings. The molecule has 0 saturated carbocycles. The summed E-state index contributed by atoms with van der Waals surface area (Å²) in [5, 5.41) is 5.40. The summed E-state index contributed by atoms with van der Waals surface area (Å²) in [6, 6.07) is 20.1. The molecule has 4 heterocycles. The molecule has 0 amide bonds. The van der Waals surface area contributed by atoms with Gasteiger partial charge >= 0.3 is 0 Å². The van der Waals surface area contributed by atoms with Crippen LogP contribution in [-0.4, -0.2) is 46.0 Å². The zero-order valence-electron chi connectivity index (χ0n) is 19.1. The lowest BCUT2D eigenvalue weighted by molar-refractivity contribution is 0.256. The summed E-state index contributed by atoms with van der Waals surface area (Å²) in [5.74, 6) is 0. The fraction of sp³-hybridized carbons (Fsp3) is 0.250. The zero-order chi connectivity index (χ0) is 23.2. The second-order valence-corrected chi connectivity index (χ2v) is 8.99. The third kappa shape index (κ3) is 5.27. The van der Waals surface area contributed by atoms with Gasteiger partial charge in [0.05, 0.1) is 16.9 Å². The molecule has 1 aliphatic rings. The van der Waals surface area contributed by atoms with Gasteiger partial charge in [0, 0.05) is 59.9 Å². The number of halogens is 1. The predicted octanol–water partition coefficient (Wildman–Crippen LogP) is 6.08. The first-order valence-electron chi connectivity index (χ1n) is 11.8. The first kappa shape index (κ1) is 22.5. The summed E-state index contributed by atoms with van der Waals surface area (Å²) in [7, 11) is 0. The highest BCUT2D eigenvalue weighted by Crippen LogP contribution is 2.30. The van der Waals surface area contributed by atoms with Crippen LogP contribution in [0.25, 0.3) is 16.5 Å². The van der Waals surface area contributed by atoms with Crippen LogP contribution in [0.15, 0.2) is 84.8 Å². The Morgan fingerprint density at radius 3 is 2.26 bits per heavy atom. The Morgan fingerprint density at radius 1 is 0.853 bits per heavy atom. The third-order valence-electron chi connectivity index (χ3n) is 6.33. The van der Waals surface area contributed by atoms with Crippen LogP contribution in [0.5, 0.6) is 0 Å². The van der Waals surface area contributed by atoms with Crippen molar-refractivity contribution in [1.29, 1.82) is 0 Å². The first-order valence-corrected chi connectivity index (χ1v) is 12.2. The topological polar surface area (TPSA) is 53.9 Å². The van der Waals surface area contributed by atoms with Crippen LogP contribution < -0.4 is 5.32 Å². The van der Waals surface area contributed by atoms with Crippen LogP contribution in [0.3, 0.4) is 0 Å². The van der Waals surface area contributed by atoms with Gasteiger partial charge in [0.1, 0.15) is 0 Å². The first-order chi connectivity index (χ1) is 16.8. The lowest BCUT2D eigenvalue weighted by Crippen LogP contribution is -2.32. The van der Waals surface area contributed by atoms with Gasteiger partial charge in [-0.1, -0.05) is 29.3 Å². The Morgan fingerprint density at radius 2 is 1.59 bits per heavy atom. The highest BCUT2D eigenvalue weighted by molar-refractivity contribution is 6.31. The normalized spacial score (nSPS) is 14.3. The molecule has 1 N–H and O–H groups in total. The standard InChI is InChI=1S/C28H28ClN5/c29-22-8-9-23-24(10-16-33-27(23)20-22)30-15-5-17-34-18-11-21(12-19-34)28(25-6-1-3-13-31-25)26-7-2-4-14-32-26/h1-4,6-10,13-14,16,20H,5,11-12,15,17-19H2,(H,30,33). The summed E-state index contributed by atoms with van der Waals surface area (Å²) >= 11 is 6.11. The number of benzene rings is 1. The summed E-state index contributed by atoms with van der Waals surface area (Å²) in [4.78, 5) is 16.3. The van der Waals surface area contributed by atoms with Crippen LogP contribution in [-0.2, 0) is 0 Å². The lowest BCUT2D eigenvalue weighted by Gasteiger charge is -2.30. The number of anilines is 1. The van der Waals surface area contributed by atoms with Gasteiger partial charge in [0.2, 0.25) is 0 Å². The van der Waals surface area contributed by atoms with Crippen molar-refractivity contribution in [1.82, 2.24) is 19.9 Å². The van der Waals surface area contributed by atoms with Crippen molar-refractivity contribution >= 4 is 33.8 Å². The van der Waals surface area contributed by atoms with Gasteiger partial charge in [-0.15, -0.1) is 0 Å². The maximum absolute atomic E-state index is 6.11. The second kappa shape index (κ2) is 10.8. The Balaban J connectivity index is 1.19. The van der Waals surface area contributed by atoms with Crippen molar-refractivity contribution in [3.63, 3.8) is 0 Å². The molecule has 34 heavy (non-hydrogen) atoms. The number of fused-ring (bicyclic) bond motifs is 1. The van der Waals surface area contributed by atoms with Gasteiger partial charge in [-0.2, -0.15) is 0 Å². The molecular formula is C28H28ClN5. The number of pyridine rings is 3. The highest BCUT2D eigenvalue weighted by atomic mass is 35.5. The molecule has 0 spiro atoms. The van der Waals surface area contributed by atoms with Crippen molar-refractivity contribution in [3.05, 3.63) is 101 Å². The average molecular weight is 470 g/mol. The number of piperidine rings is 1. The van der Waals surface area contributed by atoms with E-state index < -0.39 is 0 Å². The molecule has 5 rings (SSSR count). The molecule has 3 aromatic heterocycles. The summed E-state index contributed by atoms with van der Waals surface area (Å²) in [5.41, 5.74) is 6.71. The molecule has 4 aromatic rings. The smallest absolute Gasteiger partial charge is 0.0737 e. The largest absolute Gasteiger partial charge is 0.384 e. The van der Waals surface area contributed by atoms with Gasteiger partial charge < -0.3 is 10.2 Å². The van der Waals surface area contributed by atoms with Crippen molar-refractivity contribution in [2.24, 2.45) is 0 Å². The van der Waals surface area contributed by atoms with Crippen LogP contribution in [0.2, 0.25) is 5.02 Å². The van der Waals surface area contributed by atoms with E-state index in [0.717, 1.165) is 73.4 Å². The third-order valence-corrected chi connectivity index (χ3v) is 6.56. The van der Waals surface area contributed by atoms with E-state index in [-0.39, 0.29) is 0 Å². The van der Waals surface area contributed by atoms with E-state index >= 15 is 0 Å². The van der Waals surface area contributed by atoms with Gasteiger partial charge in [0.15, 0.2) is 0 Å². The molecule has 5 nitrogen and oxygen atoms in total. The number of nitrogens with one attached hydrogen (secondary N) is 1. The summed E-state index contributed by atoms with van der Waals surface area (Å²) in [6.45, 7) is 4.13. The van der Waals surface area contributed by atoms with Crippen LogP contribution in [0.4, 0.5) is 5.69 Å². The number of hydrogen-bond donors (Lipinski definition) is 1. The molecule has 1 aromatic carbocycles. The van der Waals surface area contributed by atoms with Crippen LogP contribution >= 0.6 is 11.6 Å². The van der Waals surface area contributed by atoms with E-state index in [1.54, 1.807) is 0 Å². The maximum atomic E-state index is 6.11. The Kier molecular flexibility index (Phi) is 7.13. The maximum Gasteiger partial charge on any atom is 0.0737 e. The summed E-state index contributed by atoms with van der Waals surface area (Å²) in [6.07, 6.45) is 8.74. The van der Waals surface area contributed by atoms with Crippen molar-refractivity contribution in [2.45, 2.75) is 19.3 Å². The van der Waals surface area contributed by atoms with Gasteiger partial charge in [0.25, 0.3) is 0 Å². The van der Waals surface area contributed by atoms with E-state index in [0.29, 0.717) is 5.02 Å². The second-order valence-electron chi connectivity index (χ2n) is 8.55. The average Bonchev–Trinajstić information content (AvgIpc) is 2.89. The molecule has 0 bridgehead atoms. The minimum Gasteiger partial charge on any atom is -0.384 e. The van der Waals surface area contributed by atoms with Crippen LogP contribution in [0.1, 0.15) is 30.7 Å². The van der Waals surface area contributed by atoms with E-state index in [1.165, 1.54) is 11.1 Å². The Labute approximate surface area is 205 Å². The van der Waals surface area contributed by atoms with Crippen molar-refractivity contribution < 1.29 is 0 Å². The fourth-order valence-electron chi connectivity index (χ4n) is 4.61. The molecular weight excluding hydrogens is 442 g/mol. The Hall–Kier alpha value is -3.28. The van der Waals surface area contributed by atoms with E-state index in [2.05, 4.69) is 49.4 Å². The summed E-state index contributed by atoms with van der Waals surface area (Å²) < 4.78 is 0. The predicted molar refractivity (Wildman–Crippen MR) is 140 cm³/mol. The SMILES string of the molecule is Clc1ccc2c(NCCCN3CCC(=C(c4ccccn4)c4ccccn4)CC3)ccnc2c1. The van der Waals surface area contributed by atoms with E-state index in [9.17, 15) is 0 Å². The van der Waals surface area contributed by atoms with Crippen molar-refractivity contribution in [2.75, 3.05) is 31.5 Å². The van der Waals surface area contributed by atoms with Crippen molar-refractivity contribution in [3.8, 4) is 0 Å². The number of likely N-dealkylation sites (tertiary alicyclic amines) is 1. The molecule has 1 aliphatic heterocycles. The fourth-order valence-corrected chi connectivity index (χ4v) is 4.78. The zero-order valence-corrected chi connectivity index (χ0v) is 19.9. The minimum absolute atomic E-state index is 0.713. The highest BCUT2D eigenvalue weighted by Gasteiger charge is 2.20. The van der Waals surface area contributed by atoms with E-state index in [4.69, 9.17) is 11.6 Å². The molecule has 0 atom stereocenters. The van der Waals surface area contributed by atoms with Crippen LogP contribution in [0, 0.1) is 0 Å². The van der Waals surface area contributed by atoms with Gasteiger partial charge in [-0.25, -0.2) is 0 Å². The quantitative estimate of drug-likeness (QED) is 0.332.